The first kappa shape index (κ1) is 16.9. The molecule has 0 amide bonds. The van der Waals surface area contributed by atoms with Gasteiger partial charge in [-0.15, -0.1) is 0 Å². The second-order valence-electron chi connectivity index (χ2n) is 7.40. The Balaban J connectivity index is 2.52. The van der Waals surface area contributed by atoms with Gasteiger partial charge in [-0.25, -0.2) is 0 Å². The number of nitrogens with zero attached hydrogens (tertiary/aromatic N) is 2. The second kappa shape index (κ2) is 5.57. The average molecular weight is 332 g/mol. The number of hydrogen-bond donors (Lipinski definition) is 2. The third-order valence-corrected chi connectivity index (χ3v) is 5.27. The molecule has 130 valence electrons. The number of hydrogen-bond acceptors (Lipinski definition) is 4. The summed E-state index contributed by atoms with van der Waals surface area (Å²) in [6, 6.07) is 1.90. The van der Waals surface area contributed by atoms with Crippen molar-refractivity contribution >= 4 is 11.0 Å². The highest BCUT2D eigenvalue weighted by molar-refractivity contribution is 5.83. The minimum absolute atomic E-state index is 0.0930. The van der Waals surface area contributed by atoms with Crippen molar-refractivity contribution in [1.29, 1.82) is 0 Å². The zero-order chi connectivity index (χ0) is 17.8. The SMILES string of the molecule is Cc1cc2c3c(c1C)C(C)(C)CCn3c(=O)c(=O)n2CC(O)CO. The summed E-state index contributed by atoms with van der Waals surface area (Å²) in [5.41, 5.74) is 3.39. The van der Waals surface area contributed by atoms with Crippen LogP contribution in [0.4, 0.5) is 0 Å². The summed E-state index contributed by atoms with van der Waals surface area (Å²) in [4.78, 5) is 25.1. The number of rotatable bonds is 3. The number of aromatic nitrogens is 2. The number of benzene rings is 1. The molecule has 0 spiro atoms. The molecule has 1 aromatic carbocycles. The standard InChI is InChI=1S/C18H24N2O4/c1-10-7-13-15-14(11(10)2)18(3,4)5-6-19(15)16(23)17(24)20(13)8-12(22)9-21/h7,12,21-22H,5-6,8-9H2,1-4H3. The lowest BCUT2D eigenvalue weighted by Crippen LogP contribution is -2.46. The van der Waals surface area contributed by atoms with Crippen molar-refractivity contribution < 1.29 is 10.2 Å². The van der Waals surface area contributed by atoms with Crippen molar-refractivity contribution in [3.8, 4) is 0 Å². The Labute approximate surface area is 140 Å². The third kappa shape index (κ3) is 2.32. The van der Waals surface area contributed by atoms with Gasteiger partial charge in [0, 0.05) is 6.54 Å². The van der Waals surface area contributed by atoms with E-state index in [-0.39, 0.29) is 12.0 Å². The van der Waals surface area contributed by atoms with E-state index in [4.69, 9.17) is 5.11 Å². The molecule has 3 rings (SSSR count). The average Bonchev–Trinajstić information content (AvgIpc) is 2.52. The molecule has 2 N–H and O–H groups in total. The van der Waals surface area contributed by atoms with E-state index < -0.39 is 23.8 Å². The Bertz CT molecular complexity index is 937. The first-order chi connectivity index (χ1) is 11.2. The van der Waals surface area contributed by atoms with Crippen LogP contribution >= 0.6 is 0 Å². The second-order valence-corrected chi connectivity index (χ2v) is 7.40. The molecule has 1 atom stereocenters. The molecular weight excluding hydrogens is 308 g/mol. The Morgan fingerprint density at radius 3 is 2.54 bits per heavy atom. The van der Waals surface area contributed by atoms with Gasteiger partial charge in [-0.2, -0.15) is 0 Å². The van der Waals surface area contributed by atoms with Crippen LogP contribution in [0.1, 0.15) is 37.0 Å². The van der Waals surface area contributed by atoms with Gasteiger partial charge in [-0.3, -0.25) is 14.2 Å². The van der Waals surface area contributed by atoms with Crippen molar-refractivity contribution in [2.75, 3.05) is 6.61 Å². The molecule has 0 aliphatic carbocycles. The molecule has 0 saturated carbocycles. The number of aliphatic hydroxyl groups excluding tert-OH is 2. The lowest BCUT2D eigenvalue weighted by atomic mass is 9.75. The van der Waals surface area contributed by atoms with Crippen molar-refractivity contribution in [2.45, 2.75) is 58.7 Å². The maximum absolute atomic E-state index is 12.6. The van der Waals surface area contributed by atoms with Gasteiger partial charge in [0.05, 0.1) is 30.3 Å². The van der Waals surface area contributed by atoms with Crippen LogP contribution in [0.5, 0.6) is 0 Å². The molecule has 6 heteroatoms. The zero-order valence-electron chi connectivity index (χ0n) is 14.6. The fraction of sp³-hybridized carbons (Fsp3) is 0.556. The Morgan fingerprint density at radius 2 is 1.92 bits per heavy atom. The van der Waals surface area contributed by atoms with Gasteiger partial charge in [0.15, 0.2) is 0 Å². The molecule has 1 aromatic heterocycles. The van der Waals surface area contributed by atoms with Crippen LogP contribution in [0.25, 0.3) is 11.0 Å². The van der Waals surface area contributed by atoms with Gasteiger partial charge >= 0.3 is 11.1 Å². The Hall–Kier alpha value is -1.92. The van der Waals surface area contributed by atoms with Crippen LogP contribution in [0, 0.1) is 13.8 Å². The summed E-state index contributed by atoms with van der Waals surface area (Å²) in [7, 11) is 0. The summed E-state index contributed by atoms with van der Waals surface area (Å²) in [5.74, 6) is 0. The van der Waals surface area contributed by atoms with Gasteiger partial charge in [-0.1, -0.05) is 13.8 Å². The summed E-state index contributed by atoms with van der Waals surface area (Å²) < 4.78 is 2.89. The molecule has 0 fully saturated rings. The highest BCUT2D eigenvalue weighted by atomic mass is 16.3. The highest BCUT2D eigenvalue weighted by Crippen LogP contribution is 2.39. The smallest absolute Gasteiger partial charge is 0.317 e. The predicted octanol–water partition coefficient (Wildman–Crippen LogP) is 0.815. The van der Waals surface area contributed by atoms with Gasteiger partial charge in [0.1, 0.15) is 0 Å². The van der Waals surface area contributed by atoms with Crippen molar-refractivity contribution in [2.24, 2.45) is 0 Å². The monoisotopic (exact) mass is 332 g/mol. The van der Waals surface area contributed by atoms with E-state index in [2.05, 4.69) is 13.8 Å². The number of aryl methyl sites for hydroxylation is 2. The van der Waals surface area contributed by atoms with Gasteiger partial charge in [0.25, 0.3) is 0 Å². The van der Waals surface area contributed by atoms with E-state index >= 15 is 0 Å². The van der Waals surface area contributed by atoms with Crippen LogP contribution in [0.3, 0.4) is 0 Å². The molecule has 2 heterocycles. The molecule has 1 aliphatic rings. The largest absolute Gasteiger partial charge is 0.394 e. The first-order valence-corrected chi connectivity index (χ1v) is 8.26. The van der Waals surface area contributed by atoms with Crippen LogP contribution < -0.4 is 11.1 Å². The molecule has 24 heavy (non-hydrogen) atoms. The fourth-order valence-electron chi connectivity index (χ4n) is 3.81. The third-order valence-electron chi connectivity index (χ3n) is 5.27. The lowest BCUT2D eigenvalue weighted by molar-refractivity contribution is 0.0812. The molecular formula is C18H24N2O4. The minimum Gasteiger partial charge on any atom is -0.394 e. The minimum atomic E-state index is -1.08. The van der Waals surface area contributed by atoms with Crippen LogP contribution in [-0.2, 0) is 18.5 Å². The normalized spacial score (nSPS) is 17.2. The van der Waals surface area contributed by atoms with E-state index in [9.17, 15) is 14.7 Å². The maximum Gasteiger partial charge on any atom is 0.317 e. The van der Waals surface area contributed by atoms with Crippen molar-refractivity contribution in [3.63, 3.8) is 0 Å². The molecule has 1 aliphatic heterocycles. The van der Waals surface area contributed by atoms with Crippen LogP contribution in [0.15, 0.2) is 15.7 Å². The van der Waals surface area contributed by atoms with E-state index in [1.54, 1.807) is 4.57 Å². The molecule has 6 nitrogen and oxygen atoms in total. The van der Waals surface area contributed by atoms with Gasteiger partial charge < -0.3 is 14.8 Å². The molecule has 1 unspecified atom stereocenters. The van der Waals surface area contributed by atoms with Crippen molar-refractivity contribution in [3.05, 3.63) is 43.5 Å². The van der Waals surface area contributed by atoms with Gasteiger partial charge in [-0.05, 0) is 48.4 Å². The Kier molecular flexibility index (Phi) is 3.92. The Morgan fingerprint density at radius 1 is 1.25 bits per heavy atom. The van der Waals surface area contributed by atoms with E-state index in [0.717, 1.165) is 28.6 Å². The molecule has 2 aromatic rings. The lowest BCUT2D eigenvalue weighted by Gasteiger charge is -2.35. The summed E-state index contributed by atoms with van der Waals surface area (Å²) in [6.45, 7) is 8.30. The van der Waals surface area contributed by atoms with Gasteiger partial charge in [0.2, 0.25) is 0 Å². The topological polar surface area (TPSA) is 84.5 Å². The molecule has 0 saturated heterocycles. The van der Waals surface area contributed by atoms with Crippen LogP contribution in [0.2, 0.25) is 0 Å². The highest BCUT2D eigenvalue weighted by Gasteiger charge is 2.33. The first-order valence-electron chi connectivity index (χ1n) is 8.26. The van der Waals surface area contributed by atoms with Crippen molar-refractivity contribution in [1.82, 2.24) is 9.13 Å². The molecule has 0 radical (unpaired) electrons. The molecule has 0 bridgehead atoms. The zero-order valence-corrected chi connectivity index (χ0v) is 14.6. The van der Waals surface area contributed by atoms with E-state index in [0.29, 0.717) is 12.1 Å². The summed E-state index contributed by atoms with van der Waals surface area (Å²) in [6.07, 6.45) is -0.288. The predicted molar refractivity (Wildman–Crippen MR) is 92.7 cm³/mol. The van der Waals surface area contributed by atoms with Crippen LogP contribution in [-0.4, -0.2) is 32.1 Å². The quantitative estimate of drug-likeness (QED) is 0.815. The fourth-order valence-corrected chi connectivity index (χ4v) is 3.81. The maximum atomic E-state index is 12.6. The van der Waals surface area contributed by atoms with E-state index in [1.165, 1.54) is 4.57 Å². The number of aliphatic hydroxyl groups is 2. The summed E-state index contributed by atoms with van der Waals surface area (Å²) in [5, 5.41) is 18.9. The van der Waals surface area contributed by atoms with E-state index in [1.807, 2.05) is 19.9 Å². The summed E-state index contributed by atoms with van der Waals surface area (Å²) >= 11 is 0.